The summed E-state index contributed by atoms with van der Waals surface area (Å²) in [5, 5.41) is 8.09. The van der Waals surface area contributed by atoms with Crippen LogP contribution < -0.4 is 5.32 Å². The molecule has 1 aliphatic carbocycles. The van der Waals surface area contributed by atoms with Crippen molar-refractivity contribution in [1.29, 1.82) is 0 Å². The van der Waals surface area contributed by atoms with E-state index in [0.717, 1.165) is 37.1 Å². The first-order chi connectivity index (χ1) is 10.6. The molecule has 0 aliphatic heterocycles. The van der Waals surface area contributed by atoms with Gasteiger partial charge >= 0.3 is 0 Å². The summed E-state index contributed by atoms with van der Waals surface area (Å²) in [4.78, 5) is 12.5. The van der Waals surface area contributed by atoms with Crippen LogP contribution in [0.3, 0.4) is 0 Å². The first kappa shape index (κ1) is 14.9. The molecule has 0 bridgehead atoms. The summed E-state index contributed by atoms with van der Waals surface area (Å²) in [7, 11) is 0. The third-order valence-corrected chi connectivity index (χ3v) is 4.17. The zero-order valence-corrected chi connectivity index (χ0v) is 13.2. The maximum Gasteiger partial charge on any atom is 0.253 e. The maximum atomic E-state index is 12.5. The van der Waals surface area contributed by atoms with Crippen LogP contribution in [0.2, 0.25) is 0 Å². The molecule has 0 saturated heterocycles. The topological polar surface area (TPSA) is 46.9 Å². The molecule has 1 N–H and O–H groups in total. The molecule has 1 aromatic carbocycles. The molecule has 1 aromatic heterocycles. The zero-order chi connectivity index (χ0) is 15.5. The van der Waals surface area contributed by atoms with Gasteiger partial charge in [-0.1, -0.05) is 29.8 Å². The van der Waals surface area contributed by atoms with Crippen molar-refractivity contribution in [1.82, 2.24) is 9.78 Å². The summed E-state index contributed by atoms with van der Waals surface area (Å²) in [6.07, 6.45) is 3.59. The van der Waals surface area contributed by atoms with E-state index < -0.39 is 0 Å². The number of hydrogen-bond donors (Lipinski definition) is 1. The van der Waals surface area contributed by atoms with Crippen molar-refractivity contribution in [3.05, 3.63) is 52.7 Å². The molecule has 2 aromatic rings. The number of para-hydroxylation sites is 1. The molecule has 0 unspecified atom stereocenters. The molecule has 1 heterocycles. The summed E-state index contributed by atoms with van der Waals surface area (Å²) < 4.78 is 1.74. The minimum absolute atomic E-state index is 0.123. The fourth-order valence-electron chi connectivity index (χ4n) is 2.65. The normalized spacial score (nSPS) is 15.0. The summed E-state index contributed by atoms with van der Waals surface area (Å²) in [6.45, 7) is 1.90. The second kappa shape index (κ2) is 6.36. The van der Waals surface area contributed by atoms with Crippen molar-refractivity contribution < 1.29 is 4.79 Å². The van der Waals surface area contributed by atoms with Crippen molar-refractivity contribution in [2.75, 3.05) is 5.32 Å². The van der Waals surface area contributed by atoms with E-state index in [4.69, 9.17) is 11.6 Å². The Hall–Kier alpha value is -2.07. The van der Waals surface area contributed by atoms with Gasteiger partial charge in [-0.2, -0.15) is 5.10 Å². The largest absolute Gasteiger partial charge is 0.307 e. The lowest BCUT2D eigenvalue weighted by Gasteiger charge is -2.16. The molecular formula is C17H18ClN3O. The maximum absolute atomic E-state index is 12.5. The van der Waals surface area contributed by atoms with Crippen LogP contribution >= 0.6 is 11.6 Å². The van der Waals surface area contributed by atoms with Crippen LogP contribution in [0.15, 0.2) is 47.0 Å². The number of aromatic nitrogens is 2. The molecular weight excluding hydrogens is 298 g/mol. The molecule has 0 saturated carbocycles. The summed E-state index contributed by atoms with van der Waals surface area (Å²) in [6, 6.07) is 11.6. The fraction of sp³-hybridized carbons (Fsp3) is 0.294. The number of halogens is 1. The fourth-order valence-corrected chi connectivity index (χ4v) is 2.97. The van der Waals surface area contributed by atoms with Crippen LogP contribution in [0.4, 0.5) is 5.82 Å². The highest BCUT2D eigenvalue weighted by Crippen LogP contribution is 2.28. The summed E-state index contributed by atoms with van der Waals surface area (Å²) in [5.74, 6) is 0.540. The van der Waals surface area contributed by atoms with Crippen LogP contribution in [-0.4, -0.2) is 15.7 Å². The van der Waals surface area contributed by atoms with Crippen LogP contribution in [0.1, 0.15) is 31.4 Å². The summed E-state index contributed by atoms with van der Waals surface area (Å²) in [5.41, 5.74) is 2.46. The highest BCUT2D eigenvalue weighted by Gasteiger charge is 2.19. The van der Waals surface area contributed by atoms with E-state index in [-0.39, 0.29) is 5.91 Å². The number of anilines is 1. The number of nitrogens with zero attached hydrogens (tertiary/aromatic N) is 2. The Morgan fingerprint density at radius 2 is 1.95 bits per heavy atom. The van der Waals surface area contributed by atoms with E-state index >= 15 is 0 Å². The molecule has 22 heavy (non-hydrogen) atoms. The first-order valence-corrected chi connectivity index (χ1v) is 7.84. The third-order valence-electron chi connectivity index (χ3n) is 3.75. The minimum Gasteiger partial charge on any atom is -0.307 e. The van der Waals surface area contributed by atoms with Crippen molar-refractivity contribution in [2.45, 2.75) is 32.6 Å². The van der Waals surface area contributed by atoms with E-state index in [1.54, 1.807) is 4.68 Å². The quantitative estimate of drug-likeness (QED) is 0.923. The lowest BCUT2D eigenvalue weighted by molar-refractivity contribution is -0.113. The molecule has 4 nitrogen and oxygen atoms in total. The average Bonchev–Trinajstić information content (AvgIpc) is 2.89. The van der Waals surface area contributed by atoms with Crippen molar-refractivity contribution in [2.24, 2.45) is 0 Å². The zero-order valence-electron chi connectivity index (χ0n) is 12.5. The van der Waals surface area contributed by atoms with Gasteiger partial charge in [0, 0.05) is 16.7 Å². The predicted molar refractivity (Wildman–Crippen MR) is 88.3 cm³/mol. The van der Waals surface area contributed by atoms with E-state index in [2.05, 4.69) is 10.4 Å². The molecule has 0 radical (unpaired) electrons. The first-order valence-electron chi connectivity index (χ1n) is 7.46. The molecule has 0 atom stereocenters. The Balaban J connectivity index is 1.89. The second-order valence-electron chi connectivity index (χ2n) is 5.46. The summed E-state index contributed by atoms with van der Waals surface area (Å²) >= 11 is 6.20. The molecule has 114 valence electrons. The molecule has 1 amide bonds. The van der Waals surface area contributed by atoms with Crippen molar-refractivity contribution in [3.8, 4) is 5.69 Å². The highest BCUT2D eigenvalue weighted by atomic mass is 35.5. The number of hydrogen-bond acceptors (Lipinski definition) is 2. The van der Waals surface area contributed by atoms with E-state index in [1.165, 1.54) is 0 Å². The van der Waals surface area contributed by atoms with Crippen LogP contribution in [0.5, 0.6) is 0 Å². The highest BCUT2D eigenvalue weighted by molar-refractivity contribution is 6.32. The number of rotatable bonds is 3. The number of nitrogens with one attached hydrogen (secondary N) is 1. The number of allylic oxidation sites excluding steroid dienone is 1. The van der Waals surface area contributed by atoms with Gasteiger partial charge in [-0.25, -0.2) is 4.68 Å². The Labute approximate surface area is 134 Å². The van der Waals surface area contributed by atoms with Crippen LogP contribution in [-0.2, 0) is 4.79 Å². The van der Waals surface area contributed by atoms with Crippen LogP contribution in [0.25, 0.3) is 5.69 Å². The Kier molecular flexibility index (Phi) is 4.29. The van der Waals surface area contributed by atoms with E-state index in [9.17, 15) is 4.79 Å². The minimum atomic E-state index is -0.123. The molecule has 5 heteroatoms. The average molecular weight is 316 g/mol. The third kappa shape index (κ3) is 3.07. The van der Waals surface area contributed by atoms with Gasteiger partial charge in [0.15, 0.2) is 0 Å². The smallest absolute Gasteiger partial charge is 0.253 e. The standard InChI is InChI=1S/C17H18ClN3O/c1-12-11-16(21(20-12)13-7-3-2-4-8-13)19-17(22)14-9-5-6-10-15(14)18/h2-4,7-8,11H,5-6,9-10H2,1H3,(H,19,22). The Morgan fingerprint density at radius 3 is 2.68 bits per heavy atom. The molecule has 0 spiro atoms. The van der Waals surface area contributed by atoms with Gasteiger partial charge in [0.2, 0.25) is 0 Å². The predicted octanol–water partition coefficient (Wildman–Crippen LogP) is 4.19. The lowest BCUT2D eigenvalue weighted by Crippen LogP contribution is -2.19. The second-order valence-corrected chi connectivity index (χ2v) is 5.92. The number of carbonyl (C=O) groups is 1. The van der Waals surface area contributed by atoms with Gasteiger partial charge in [-0.15, -0.1) is 0 Å². The van der Waals surface area contributed by atoms with Gasteiger partial charge in [0.1, 0.15) is 5.82 Å². The lowest BCUT2D eigenvalue weighted by atomic mass is 9.99. The Bertz CT molecular complexity index is 719. The molecule has 3 rings (SSSR count). The SMILES string of the molecule is Cc1cc(NC(=O)C2=C(Cl)CCCC2)n(-c2ccccc2)n1. The number of carbonyl (C=O) groups excluding carboxylic acids is 1. The van der Waals surface area contributed by atoms with Gasteiger partial charge in [0.05, 0.1) is 11.4 Å². The van der Waals surface area contributed by atoms with Crippen LogP contribution in [0, 0.1) is 6.92 Å². The number of aryl methyl sites for hydroxylation is 1. The van der Waals surface area contributed by atoms with Gasteiger partial charge in [0.25, 0.3) is 5.91 Å². The molecule has 1 aliphatic rings. The van der Waals surface area contributed by atoms with Gasteiger partial charge in [-0.05, 0) is 44.7 Å². The van der Waals surface area contributed by atoms with Crippen molar-refractivity contribution >= 4 is 23.3 Å². The van der Waals surface area contributed by atoms with E-state index in [1.807, 2.05) is 43.3 Å². The van der Waals surface area contributed by atoms with Gasteiger partial charge in [-0.3, -0.25) is 4.79 Å². The number of benzene rings is 1. The number of amides is 1. The van der Waals surface area contributed by atoms with Gasteiger partial charge < -0.3 is 5.32 Å². The monoisotopic (exact) mass is 315 g/mol. The Morgan fingerprint density at radius 1 is 1.23 bits per heavy atom. The molecule has 0 fully saturated rings. The van der Waals surface area contributed by atoms with E-state index in [0.29, 0.717) is 16.4 Å². The van der Waals surface area contributed by atoms with Crippen molar-refractivity contribution in [3.63, 3.8) is 0 Å².